The lowest BCUT2D eigenvalue weighted by atomic mass is 9.92. The molecule has 27 heavy (non-hydrogen) atoms. The average Bonchev–Trinajstić information content (AvgIpc) is 3.14. The second-order valence-corrected chi connectivity index (χ2v) is 7.64. The van der Waals surface area contributed by atoms with Gasteiger partial charge in [0.05, 0.1) is 18.2 Å². The van der Waals surface area contributed by atoms with E-state index in [0.717, 1.165) is 24.7 Å². The Morgan fingerprint density at radius 1 is 1.26 bits per heavy atom. The molecular formula is C20H35IN4O2. The van der Waals surface area contributed by atoms with Crippen LogP contribution in [0.5, 0.6) is 0 Å². The van der Waals surface area contributed by atoms with Gasteiger partial charge in [0, 0.05) is 25.6 Å². The van der Waals surface area contributed by atoms with Crippen LogP contribution in [0.3, 0.4) is 0 Å². The number of nitrogens with zero attached hydrogens (tertiary/aromatic N) is 1. The van der Waals surface area contributed by atoms with Crippen molar-refractivity contribution in [2.45, 2.75) is 65.3 Å². The Balaban J connectivity index is 0.00000364. The van der Waals surface area contributed by atoms with Crippen molar-refractivity contribution in [3.8, 4) is 0 Å². The van der Waals surface area contributed by atoms with Gasteiger partial charge in [-0.1, -0.05) is 19.3 Å². The lowest BCUT2D eigenvalue weighted by Gasteiger charge is -2.26. The van der Waals surface area contributed by atoms with Gasteiger partial charge in [-0.15, -0.1) is 24.0 Å². The maximum atomic E-state index is 12.2. The van der Waals surface area contributed by atoms with Crippen LogP contribution in [0.15, 0.2) is 27.8 Å². The van der Waals surface area contributed by atoms with Crippen LogP contribution >= 0.6 is 24.0 Å². The first kappa shape index (κ1) is 23.8. The Bertz CT molecular complexity index is 567. The Morgan fingerprint density at radius 2 is 2.00 bits per heavy atom. The monoisotopic (exact) mass is 490 g/mol. The maximum absolute atomic E-state index is 12.2. The molecule has 1 saturated carbocycles. The SMILES string of the molecule is CCNC(=O)C(C)(C)CN=C(NCCc1ccco1)NC1CCCCC1.I. The van der Waals surface area contributed by atoms with Crippen molar-refractivity contribution in [1.29, 1.82) is 0 Å². The van der Waals surface area contributed by atoms with E-state index in [1.165, 1.54) is 32.1 Å². The number of nitrogens with one attached hydrogen (secondary N) is 3. The number of aliphatic imine (C=N–C) groups is 1. The van der Waals surface area contributed by atoms with Crippen LogP contribution in [0.25, 0.3) is 0 Å². The number of carbonyl (C=O) groups excluding carboxylic acids is 1. The van der Waals surface area contributed by atoms with Crippen LogP contribution < -0.4 is 16.0 Å². The summed E-state index contributed by atoms with van der Waals surface area (Å²) in [7, 11) is 0. The van der Waals surface area contributed by atoms with E-state index in [0.29, 0.717) is 19.1 Å². The Morgan fingerprint density at radius 3 is 2.63 bits per heavy atom. The van der Waals surface area contributed by atoms with Gasteiger partial charge in [0.1, 0.15) is 5.76 Å². The summed E-state index contributed by atoms with van der Waals surface area (Å²) in [5.41, 5.74) is -0.530. The van der Waals surface area contributed by atoms with Crippen LogP contribution in [0.4, 0.5) is 0 Å². The number of hydrogen-bond donors (Lipinski definition) is 3. The molecule has 1 aromatic heterocycles. The van der Waals surface area contributed by atoms with Crippen molar-refractivity contribution in [1.82, 2.24) is 16.0 Å². The number of guanidine groups is 1. The number of hydrogen-bond acceptors (Lipinski definition) is 3. The van der Waals surface area contributed by atoms with E-state index in [1.807, 2.05) is 32.9 Å². The van der Waals surface area contributed by atoms with Crippen molar-refractivity contribution in [2.75, 3.05) is 19.6 Å². The zero-order valence-electron chi connectivity index (χ0n) is 16.8. The van der Waals surface area contributed by atoms with Crippen molar-refractivity contribution in [3.63, 3.8) is 0 Å². The molecular weight excluding hydrogens is 455 g/mol. The van der Waals surface area contributed by atoms with E-state index >= 15 is 0 Å². The molecule has 1 heterocycles. The molecule has 154 valence electrons. The minimum Gasteiger partial charge on any atom is -0.469 e. The molecule has 1 aromatic rings. The van der Waals surface area contributed by atoms with E-state index in [2.05, 4.69) is 16.0 Å². The zero-order valence-corrected chi connectivity index (χ0v) is 19.2. The van der Waals surface area contributed by atoms with Crippen LogP contribution in [0.2, 0.25) is 0 Å². The van der Waals surface area contributed by atoms with Crippen molar-refractivity contribution >= 4 is 35.8 Å². The van der Waals surface area contributed by atoms with Gasteiger partial charge in [-0.05, 0) is 45.7 Å². The fourth-order valence-electron chi connectivity index (χ4n) is 3.10. The van der Waals surface area contributed by atoms with Gasteiger partial charge in [-0.25, -0.2) is 0 Å². The maximum Gasteiger partial charge on any atom is 0.227 e. The topological polar surface area (TPSA) is 78.7 Å². The molecule has 3 N–H and O–H groups in total. The normalized spacial score (nSPS) is 15.7. The molecule has 0 aromatic carbocycles. The highest BCUT2D eigenvalue weighted by Crippen LogP contribution is 2.18. The van der Waals surface area contributed by atoms with E-state index in [1.54, 1.807) is 6.26 Å². The quantitative estimate of drug-likeness (QED) is 0.296. The highest BCUT2D eigenvalue weighted by atomic mass is 127. The molecule has 0 saturated heterocycles. The fraction of sp³-hybridized carbons (Fsp3) is 0.700. The first-order valence-electron chi connectivity index (χ1n) is 9.87. The third-order valence-corrected chi connectivity index (χ3v) is 4.77. The lowest BCUT2D eigenvalue weighted by Crippen LogP contribution is -2.46. The Labute approximate surface area is 180 Å². The predicted molar refractivity (Wildman–Crippen MR) is 121 cm³/mol. The average molecular weight is 490 g/mol. The molecule has 0 atom stereocenters. The highest BCUT2D eigenvalue weighted by molar-refractivity contribution is 14.0. The second kappa shape index (κ2) is 12.3. The van der Waals surface area contributed by atoms with Crippen LogP contribution in [0.1, 0.15) is 58.6 Å². The lowest BCUT2D eigenvalue weighted by molar-refractivity contribution is -0.128. The molecule has 0 bridgehead atoms. The number of halogens is 1. The van der Waals surface area contributed by atoms with Gasteiger partial charge in [-0.2, -0.15) is 0 Å². The molecule has 2 rings (SSSR count). The summed E-state index contributed by atoms with van der Waals surface area (Å²) in [4.78, 5) is 16.9. The van der Waals surface area contributed by atoms with Crippen molar-refractivity contribution in [2.24, 2.45) is 10.4 Å². The summed E-state index contributed by atoms with van der Waals surface area (Å²) < 4.78 is 5.38. The smallest absolute Gasteiger partial charge is 0.227 e. The largest absolute Gasteiger partial charge is 0.469 e. The van der Waals surface area contributed by atoms with Gasteiger partial charge in [0.2, 0.25) is 5.91 Å². The second-order valence-electron chi connectivity index (χ2n) is 7.64. The van der Waals surface area contributed by atoms with Crippen LogP contribution in [-0.4, -0.2) is 37.5 Å². The first-order valence-corrected chi connectivity index (χ1v) is 9.87. The molecule has 1 aliphatic rings. The van der Waals surface area contributed by atoms with Gasteiger partial charge in [0.25, 0.3) is 0 Å². The molecule has 0 radical (unpaired) electrons. The minimum atomic E-state index is -0.530. The third-order valence-electron chi connectivity index (χ3n) is 4.77. The van der Waals surface area contributed by atoms with Crippen molar-refractivity contribution < 1.29 is 9.21 Å². The number of amides is 1. The van der Waals surface area contributed by atoms with Gasteiger partial charge in [-0.3, -0.25) is 9.79 Å². The molecule has 1 amide bonds. The summed E-state index contributed by atoms with van der Waals surface area (Å²) in [6.45, 7) is 7.63. The van der Waals surface area contributed by atoms with Crippen molar-refractivity contribution in [3.05, 3.63) is 24.2 Å². The molecule has 1 fully saturated rings. The molecule has 0 spiro atoms. The van der Waals surface area contributed by atoms with E-state index in [9.17, 15) is 4.79 Å². The molecule has 0 aliphatic heterocycles. The molecule has 6 nitrogen and oxygen atoms in total. The summed E-state index contributed by atoms with van der Waals surface area (Å²) in [6, 6.07) is 4.34. The Kier molecular flexibility index (Phi) is 10.8. The van der Waals surface area contributed by atoms with Gasteiger partial charge in [0.15, 0.2) is 5.96 Å². The summed E-state index contributed by atoms with van der Waals surface area (Å²) in [5.74, 6) is 1.79. The summed E-state index contributed by atoms with van der Waals surface area (Å²) >= 11 is 0. The zero-order chi connectivity index (χ0) is 18.8. The minimum absolute atomic E-state index is 0. The van der Waals surface area contributed by atoms with Crippen LogP contribution in [-0.2, 0) is 11.2 Å². The summed E-state index contributed by atoms with van der Waals surface area (Å²) in [5, 5.41) is 9.84. The molecule has 7 heteroatoms. The predicted octanol–water partition coefficient (Wildman–Crippen LogP) is 3.47. The number of furan rings is 1. The summed E-state index contributed by atoms with van der Waals surface area (Å²) in [6.07, 6.45) is 8.71. The van der Waals surface area contributed by atoms with Gasteiger partial charge < -0.3 is 20.4 Å². The fourth-order valence-corrected chi connectivity index (χ4v) is 3.10. The van der Waals surface area contributed by atoms with E-state index < -0.39 is 5.41 Å². The third kappa shape index (κ3) is 8.53. The number of rotatable bonds is 8. The number of carbonyl (C=O) groups is 1. The molecule has 1 aliphatic carbocycles. The molecule has 0 unspecified atom stereocenters. The standard InChI is InChI=1S/C20H34N4O2.HI/c1-4-21-18(25)20(2,3)15-23-19(24-16-9-6-5-7-10-16)22-13-12-17-11-8-14-26-17;/h8,11,14,16H,4-7,9-10,12-13,15H2,1-3H3,(H,21,25)(H2,22,23,24);1H. The first-order chi connectivity index (χ1) is 12.5. The Hall–Kier alpha value is -1.25. The highest BCUT2D eigenvalue weighted by Gasteiger charge is 2.27. The van der Waals surface area contributed by atoms with E-state index in [4.69, 9.17) is 9.41 Å². The van der Waals surface area contributed by atoms with Gasteiger partial charge >= 0.3 is 0 Å². The van der Waals surface area contributed by atoms with E-state index in [-0.39, 0.29) is 29.9 Å². The van der Waals surface area contributed by atoms with Crippen LogP contribution in [0, 0.1) is 5.41 Å².